The second kappa shape index (κ2) is 8.36. The fraction of sp³-hybridized carbons (Fsp3) is 0.0833. The third-order valence-corrected chi connectivity index (χ3v) is 5.22. The molecule has 3 aromatic carbocycles. The highest BCUT2D eigenvalue weighted by atomic mass is 79.9. The molecule has 1 heterocycles. The summed E-state index contributed by atoms with van der Waals surface area (Å²) in [5, 5.41) is 6.84. The minimum Gasteiger partial charge on any atom is -0.289 e. The van der Waals surface area contributed by atoms with Crippen molar-refractivity contribution in [1.29, 1.82) is 0 Å². The Bertz CT molecular complexity index is 1010. The van der Waals surface area contributed by atoms with Crippen LogP contribution in [0.4, 0.5) is 5.69 Å². The van der Waals surface area contributed by atoms with Gasteiger partial charge in [-0.05, 0) is 54.1 Å². The van der Waals surface area contributed by atoms with E-state index in [-0.39, 0.29) is 11.8 Å². The number of para-hydroxylation sites is 1. The number of hydrogen-bond acceptors (Lipinski definition) is 3. The largest absolute Gasteiger partial charge is 0.289 e. The Kier molecular flexibility index (Phi) is 5.49. The van der Waals surface area contributed by atoms with Crippen LogP contribution in [0.1, 0.15) is 28.4 Å². The van der Waals surface area contributed by atoms with Crippen LogP contribution < -0.4 is 5.01 Å². The predicted octanol–water partition coefficient (Wildman–Crippen LogP) is 6.20. The molecule has 3 nitrogen and oxygen atoms in total. The highest BCUT2D eigenvalue weighted by molar-refractivity contribution is 9.10. The molecular weight excluding hydrogens is 412 g/mol. The molecule has 0 saturated heterocycles. The maximum Gasteiger partial charge on any atom is 0.185 e. The topological polar surface area (TPSA) is 32.7 Å². The van der Waals surface area contributed by atoms with E-state index in [0.29, 0.717) is 5.56 Å². The van der Waals surface area contributed by atoms with Crippen LogP contribution in [0.3, 0.4) is 0 Å². The number of carbonyl (C=O) groups is 1. The quantitative estimate of drug-likeness (QED) is 0.356. The molecule has 0 amide bonds. The van der Waals surface area contributed by atoms with Gasteiger partial charge in [0.1, 0.15) is 0 Å². The lowest BCUT2D eigenvalue weighted by Gasteiger charge is -2.23. The summed E-state index contributed by atoms with van der Waals surface area (Å²) >= 11 is 3.39. The van der Waals surface area contributed by atoms with E-state index < -0.39 is 0 Å². The van der Waals surface area contributed by atoms with E-state index in [1.807, 2.05) is 71.7 Å². The van der Waals surface area contributed by atoms with Crippen LogP contribution in [-0.4, -0.2) is 11.5 Å². The number of allylic oxidation sites excluding steroid dienone is 2. The third kappa shape index (κ3) is 4.12. The smallest absolute Gasteiger partial charge is 0.185 e. The Morgan fingerprint density at radius 1 is 0.929 bits per heavy atom. The van der Waals surface area contributed by atoms with E-state index in [1.54, 1.807) is 6.08 Å². The molecule has 0 fully saturated rings. The van der Waals surface area contributed by atoms with Crippen molar-refractivity contribution in [3.05, 3.63) is 113 Å². The van der Waals surface area contributed by atoms with Gasteiger partial charge in [-0.25, -0.2) is 0 Å². The minimum absolute atomic E-state index is 0.0235. The summed E-state index contributed by atoms with van der Waals surface area (Å²) in [6, 6.07) is 28.0. The van der Waals surface area contributed by atoms with Gasteiger partial charge in [0.05, 0.1) is 17.4 Å². The molecule has 138 valence electrons. The highest BCUT2D eigenvalue weighted by Crippen LogP contribution is 2.35. The molecule has 0 aliphatic carbocycles. The van der Waals surface area contributed by atoms with Crippen molar-refractivity contribution in [3.63, 3.8) is 0 Å². The van der Waals surface area contributed by atoms with Gasteiger partial charge >= 0.3 is 0 Å². The SMILES string of the molecule is O=C(/C=C/C1=NN(c2ccccc2)[C@H](c2ccccc2)C1)c1ccc(Br)cc1. The highest BCUT2D eigenvalue weighted by Gasteiger charge is 2.28. The van der Waals surface area contributed by atoms with Crippen molar-refractivity contribution >= 4 is 33.1 Å². The van der Waals surface area contributed by atoms with Gasteiger partial charge in [-0.1, -0.05) is 64.5 Å². The van der Waals surface area contributed by atoms with Crippen molar-refractivity contribution in [2.24, 2.45) is 5.10 Å². The van der Waals surface area contributed by atoms with Gasteiger partial charge in [0.25, 0.3) is 0 Å². The van der Waals surface area contributed by atoms with Gasteiger partial charge in [-0.2, -0.15) is 5.10 Å². The van der Waals surface area contributed by atoms with Gasteiger partial charge in [-0.15, -0.1) is 0 Å². The van der Waals surface area contributed by atoms with E-state index in [4.69, 9.17) is 5.10 Å². The zero-order valence-corrected chi connectivity index (χ0v) is 16.8. The number of hydrazone groups is 1. The second-order valence-electron chi connectivity index (χ2n) is 6.61. The molecule has 3 aromatic rings. The number of halogens is 1. The van der Waals surface area contributed by atoms with Gasteiger partial charge in [-0.3, -0.25) is 9.80 Å². The molecule has 1 aliphatic rings. The second-order valence-corrected chi connectivity index (χ2v) is 7.52. The fourth-order valence-corrected chi connectivity index (χ4v) is 3.53. The summed E-state index contributed by atoms with van der Waals surface area (Å²) in [4.78, 5) is 12.4. The summed E-state index contributed by atoms with van der Waals surface area (Å²) in [6.07, 6.45) is 4.20. The number of benzene rings is 3. The van der Waals surface area contributed by atoms with Crippen LogP contribution >= 0.6 is 15.9 Å². The zero-order valence-electron chi connectivity index (χ0n) is 15.2. The fourth-order valence-electron chi connectivity index (χ4n) is 3.27. The number of rotatable bonds is 5. The van der Waals surface area contributed by atoms with E-state index in [2.05, 4.69) is 40.2 Å². The number of nitrogens with zero attached hydrogens (tertiary/aromatic N) is 2. The first-order valence-electron chi connectivity index (χ1n) is 9.15. The van der Waals surface area contributed by atoms with E-state index >= 15 is 0 Å². The lowest BCUT2D eigenvalue weighted by Crippen LogP contribution is -2.18. The summed E-state index contributed by atoms with van der Waals surface area (Å²) in [5.41, 5.74) is 3.80. The van der Waals surface area contributed by atoms with E-state index in [9.17, 15) is 4.79 Å². The van der Waals surface area contributed by atoms with Crippen LogP contribution in [0.15, 0.2) is 107 Å². The zero-order chi connectivity index (χ0) is 19.3. The monoisotopic (exact) mass is 430 g/mol. The summed E-state index contributed by atoms with van der Waals surface area (Å²) in [6.45, 7) is 0. The summed E-state index contributed by atoms with van der Waals surface area (Å²) < 4.78 is 0.956. The van der Waals surface area contributed by atoms with Crippen LogP contribution in [0.2, 0.25) is 0 Å². The van der Waals surface area contributed by atoms with E-state index in [1.165, 1.54) is 5.56 Å². The number of hydrogen-bond donors (Lipinski definition) is 0. The maximum atomic E-state index is 12.4. The standard InChI is InChI=1S/C24H19BrN2O/c25-20-13-11-19(12-14-20)24(28)16-15-21-17-23(18-7-3-1-4-8-18)27(26-21)22-9-5-2-6-10-22/h1-16,23H,17H2/b16-15+/t23-/m0/s1. The average molecular weight is 431 g/mol. The molecule has 0 saturated carbocycles. The van der Waals surface area contributed by atoms with Crippen molar-refractivity contribution in [1.82, 2.24) is 0 Å². The molecule has 0 N–H and O–H groups in total. The van der Waals surface area contributed by atoms with Gasteiger partial charge in [0.2, 0.25) is 0 Å². The van der Waals surface area contributed by atoms with Crippen LogP contribution in [-0.2, 0) is 0 Å². The normalized spacial score (nSPS) is 16.4. The van der Waals surface area contributed by atoms with Crippen molar-refractivity contribution < 1.29 is 4.79 Å². The number of ketones is 1. The molecule has 0 radical (unpaired) electrons. The average Bonchev–Trinajstić information content (AvgIpc) is 3.18. The van der Waals surface area contributed by atoms with Crippen molar-refractivity contribution in [3.8, 4) is 0 Å². The van der Waals surface area contributed by atoms with Crippen LogP contribution in [0.25, 0.3) is 0 Å². The van der Waals surface area contributed by atoms with Crippen molar-refractivity contribution in [2.45, 2.75) is 12.5 Å². The molecule has 0 unspecified atom stereocenters. The van der Waals surface area contributed by atoms with Gasteiger partial charge in [0.15, 0.2) is 5.78 Å². The molecular formula is C24H19BrN2O. The Hall–Kier alpha value is -2.98. The molecule has 4 heteroatoms. The van der Waals surface area contributed by atoms with E-state index in [0.717, 1.165) is 22.3 Å². The lowest BCUT2D eigenvalue weighted by atomic mass is 10.0. The maximum absolute atomic E-state index is 12.4. The first kappa shape index (κ1) is 18.4. The third-order valence-electron chi connectivity index (χ3n) is 4.69. The van der Waals surface area contributed by atoms with Crippen LogP contribution in [0.5, 0.6) is 0 Å². The Morgan fingerprint density at radius 2 is 1.57 bits per heavy atom. The molecule has 4 rings (SSSR count). The van der Waals surface area contributed by atoms with Gasteiger partial charge < -0.3 is 0 Å². The van der Waals surface area contributed by atoms with Gasteiger partial charge in [0, 0.05) is 16.5 Å². The molecule has 0 spiro atoms. The minimum atomic E-state index is -0.0235. The number of anilines is 1. The molecule has 1 aliphatic heterocycles. The first-order chi connectivity index (χ1) is 13.7. The summed E-state index contributed by atoms with van der Waals surface area (Å²) in [5.74, 6) is -0.0235. The first-order valence-corrected chi connectivity index (χ1v) is 9.95. The Morgan fingerprint density at radius 3 is 2.25 bits per heavy atom. The molecule has 28 heavy (non-hydrogen) atoms. The Labute approximate surface area is 173 Å². The van der Waals surface area contributed by atoms with Crippen molar-refractivity contribution in [2.75, 3.05) is 5.01 Å². The lowest BCUT2D eigenvalue weighted by molar-refractivity contribution is 0.104. The molecule has 0 aromatic heterocycles. The molecule has 0 bridgehead atoms. The predicted molar refractivity (Wildman–Crippen MR) is 118 cm³/mol. The summed E-state index contributed by atoms with van der Waals surface area (Å²) in [7, 11) is 0. The number of carbonyl (C=O) groups excluding carboxylic acids is 1. The molecule has 1 atom stereocenters. The van der Waals surface area contributed by atoms with Crippen LogP contribution in [0, 0.1) is 0 Å². The Balaban J connectivity index is 1.59.